The van der Waals surface area contributed by atoms with E-state index < -0.39 is 5.60 Å². The molecule has 0 aliphatic carbocycles. The largest absolute Gasteiger partial charge is 0.444 e. The van der Waals surface area contributed by atoms with Gasteiger partial charge >= 0.3 is 6.09 Å². The van der Waals surface area contributed by atoms with Crippen LogP contribution in [0, 0.1) is 11.8 Å². The second kappa shape index (κ2) is 9.68. The second-order valence-electron chi connectivity index (χ2n) is 7.20. The number of aryl methyl sites for hydroxylation is 1. The van der Waals surface area contributed by atoms with E-state index in [2.05, 4.69) is 41.4 Å². The number of hydrogen-bond acceptors (Lipinski definition) is 2. The summed E-state index contributed by atoms with van der Waals surface area (Å²) in [5.41, 5.74) is 3.02. The molecule has 1 amide bonds. The first-order valence-electron chi connectivity index (χ1n) is 9.01. The van der Waals surface area contributed by atoms with E-state index in [1.807, 2.05) is 51.1 Å². The van der Waals surface area contributed by atoms with E-state index in [0.717, 1.165) is 24.8 Å². The van der Waals surface area contributed by atoms with E-state index in [-0.39, 0.29) is 6.09 Å². The number of nitrogens with one attached hydrogen (secondary N) is 1. The molecular formula is C23H27NO2. The fourth-order valence-electron chi connectivity index (χ4n) is 2.45. The van der Waals surface area contributed by atoms with Gasteiger partial charge in [-0.25, -0.2) is 4.79 Å². The van der Waals surface area contributed by atoms with Gasteiger partial charge in [-0.1, -0.05) is 54.3 Å². The Labute approximate surface area is 156 Å². The first-order chi connectivity index (χ1) is 12.4. The zero-order valence-corrected chi connectivity index (χ0v) is 15.8. The topological polar surface area (TPSA) is 38.3 Å². The molecule has 0 saturated carbocycles. The summed E-state index contributed by atoms with van der Waals surface area (Å²) in [4.78, 5) is 11.6. The molecule has 0 aliphatic rings. The number of ether oxygens (including phenoxy) is 1. The Morgan fingerprint density at radius 2 is 1.77 bits per heavy atom. The zero-order valence-electron chi connectivity index (χ0n) is 15.8. The molecule has 0 bridgehead atoms. The van der Waals surface area contributed by atoms with Gasteiger partial charge in [-0.3, -0.25) is 0 Å². The van der Waals surface area contributed by atoms with Crippen LogP contribution in [-0.4, -0.2) is 18.2 Å². The van der Waals surface area contributed by atoms with Gasteiger partial charge in [0.05, 0.1) is 0 Å². The van der Waals surface area contributed by atoms with Crippen LogP contribution in [0.15, 0.2) is 54.6 Å². The minimum absolute atomic E-state index is 0.363. The minimum Gasteiger partial charge on any atom is -0.444 e. The van der Waals surface area contributed by atoms with Gasteiger partial charge in [-0.15, -0.1) is 0 Å². The van der Waals surface area contributed by atoms with Gasteiger partial charge in [0.1, 0.15) is 5.60 Å². The molecule has 0 radical (unpaired) electrons. The number of amides is 1. The predicted octanol–water partition coefficient (Wildman–Crippen LogP) is 4.74. The smallest absolute Gasteiger partial charge is 0.407 e. The highest BCUT2D eigenvalue weighted by atomic mass is 16.6. The molecule has 136 valence electrons. The van der Waals surface area contributed by atoms with Crippen molar-refractivity contribution in [1.82, 2.24) is 5.32 Å². The summed E-state index contributed by atoms with van der Waals surface area (Å²) in [6.07, 6.45) is 2.15. The summed E-state index contributed by atoms with van der Waals surface area (Å²) in [5.74, 6) is 6.45. The molecule has 3 nitrogen and oxygen atoms in total. The maximum atomic E-state index is 11.6. The first kappa shape index (κ1) is 19.6. The van der Waals surface area contributed by atoms with Crippen LogP contribution in [-0.2, 0) is 17.6 Å². The third-order valence-electron chi connectivity index (χ3n) is 3.61. The normalized spacial score (nSPS) is 10.6. The molecule has 0 aliphatic heterocycles. The Hall–Kier alpha value is -2.73. The Bertz CT molecular complexity index is 764. The molecule has 2 aromatic carbocycles. The van der Waals surface area contributed by atoms with Crippen molar-refractivity contribution in [2.45, 2.75) is 45.6 Å². The molecule has 0 aromatic heterocycles. The molecule has 3 heteroatoms. The van der Waals surface area contributed by atoms with Gasteiger partial charge in [0.25, 0.3) is 0 Å². The van der Waals surface area contributed by atoms with Crippen molar-refractivity contribution in [2.24, 2.45) is 0 Å². The lowest BCUT2D eigenvalue weighted by Gasteiger charge is -2.19. The van der Waals surface area contributed by atoms with Gasteiger partial charge in [-0.05, 0) is 56.9 Å². The summed E-state index contributed by atoms with van der Waals surface area (Å²) in [6, 6.07) is 18.5. The highest BCUT2D eigenvalue weighted by molar-refractivity contribution is 5.67. The monoisotopic (exact) mass is 349 g/mol. The average Bonchev–Trinajstić information content (AvgIpc) is 2.59. The van der Waals surface area contributed by atoms with Crippen molar-refractivity contribution in [3.8, 4) is 11.8 Å². The number of carbonyl (C=O) groups is 1. The van der Waals surface area contributed by atoms with Gasteiger partial charge in [0.15, 0.2) is 0 Å². The molecule has 0 atom stereocenters. The Morgan fingerprint density at radius 1 is 1.04 bits per heavy atom. The van der Waals surface area contributed by atoms with Crippen molar-refractivity contribution in [2.75, 3.05) is 6.54 Å². The number of hydrogen-bond donors (Lipinski definition) is 1. The van der Waals surface area contributed by atoms with Crippen LogP contribution in [0.5, 0.6) is 0 Å². The average molecular weight is 349 g/mol. The minimum atomic E-state index is -0.461. The Morgan fingerprint density at radius 3 is 2.50 bits per heavy atom. The van der Waals surface area contributed by atoms with E-state index in [9.17, 15) is 4.79 Å². The highest BCUT2D eigenvalue weighted by Gasteiger charge is 2.15. The summed E-state index contributed by atoms with van der Waals surface area (Å²) in [6.45, 7) is 6.17. The number of carbonyl (C=O) groups excluding carboxylic acids is 1. The van der Waals surface area contributed by atoms with Gasteiger partial charge in [0, 0.05) is 18.5 Å². The molecule has 0 unspecified atom stereocenters. The zero-order chi connectivity index (χ0) is 18.8. The van der Waals surface area contributed by atoms with Crippen LogP contribution >= 0.6 is 0 Å². The maximum Gasteiger partial charge on any atom is 0.407 e. The SMILES string of the molecule is CC(C)(C)OC(=O)NCCCc1cccc(C#CCc2ccccc2)c1. The van der Waals surface area contributed by atoms with Crippen LogP contribution < -0.4 is 5.32 Å². The number of rotatable bonds is 5. The second-order valence-corrected chi connectivity index (χ2v) is 7.20. The van der Waals surface area contributed by atoms with E-state index in [0.29, 0.717) is 6.54 Å². The van der Waals surface area contributed by atoms with Crippen molar-refractivity contribution in [3.63, 3.8) is 0 Å². The van der Waals surface area contributed by atoms with Gasteiger partial charge in [0.2, 0.25) is 0 Å². The van der Waals surface area contributed by atoms with Crippen LogP contribution in [0.25, 0.3) is 0 Å². The highest BCUT2D eigenvalue weighted by Crippen LogP contribution is 2.08. The van der Waals surface area contributed by atoms with Crippen molar-refractivity contribution in [3.05, 3.63) is 71.3 Å². The quantitative estimate of drug-likeness (QED) is 0.625. The summed E-state index contributed by atoms with van der Waals surface area (Å²) >= 11 is 0. The molecule has 0 fully saturated rings. The van der Waals surface area contributed by atoms with E-state index in [4.69, 9.17) is 4.74 Å². The summed E-state index contributed by atoms with van der Waals surface area (Å²) in [7, 11) is 0. The molecular weight excluding hydrogens is 322 g/mol. The van der Waals surface area contributed by atoms with Crippen molar-refractivity contribution in [1.29, 1.82) is 0 Å². The van der Waals surface area contributed by atoms with E-state index in [1.54, 1.807) is 0 Å². The molecule has 0 saturated heterocycles. The maximum absolute atomic E-state index is 11.6. The van der Waals surface area contributed by atoms with Gasteiger partial charge in [-0.2, -0.15) is 0 Å². The summed E-state index contributed by atoms with van der Waals surface area (Å²) < 4.78 is 5.22. The molecule has 2 rings (SSSR count). The first-order valence-corrected chi connectivity index (χ1v) is 9.01. The lowest BCUT2D eigenvalue weighted by molar-refractivity contribution is 0.0527. The number of benzene rings is 2. The fraction of sp³-hybridized carbons (Fsp3) is 0.348. The third-order valence-corrected chi connectivity index (χ3v) is 3.61. The Balaban J connectivity index is 1.78. The van der Waals surface area contributed by atoms with E-state index >= 15 is 0 Å². The summed E-state index contributed by atoms with van der Waals surface area (Å²) in [5, 5.41) is 2.79. The molecule has 26 heavy (non-hydrogen) atoms. The molecule has 2 aromatic rings. The van der Waals surface area contributed by atoms with Crippen LogP contribution in [0.2, 0.25) is 0 Å². The molecule has 0 heterocycles. The van der Waals surface area contributed by atoms with Crippen molar-refractivity contribution < 1.29 is 9.53 Å². The number of alkyl carbamates (subject to hydrolysis) is 1. The van der Waals surface area contributed by atoms with Crippen molar-refractivity contribution >= 4 is 6.09 Å². The Kier molecular flexibility index (Phi) is 7.29. The standard InChI is InChI=1S/C23H27NO2/c1-23(2,3)26-22(25)24-17-9-16-21-15-8-14-20(18-21)13-7-12-19-10-5-4-6-11-19/h4-6,8,10-11,14-15,18H,9,12,16-17H2,1-3H3,(H,24,25). The third kappa shape index (κ3) is 7.90. The molecule has 1 N–H and O–H groups in total. The fourth-order valence-corrected chi connectivity index (χ4v) is 2.45. The van der Waals surface area contributed by atoms with Crippen LogP contribution in [0.4, 0.5) is 4.79 Å². The van der Waals surface area contributed by atoms with Crippen LogP contribution in [0.3, 0.4) is 0 Å². The predicted molar refractivity (Wildman–Crippen MR) is 106 cm³/mol. The lowest BCUT2D eigenvalue weighted by atomic mass is 10.1. The van der Waals surface area contributed by atoms with Crippen LogP contribution in [0.1, 0.15) is 43.9 Å². The van der Waals surface area contributed by atoms with Gasteiger partial charge < -0.3 is 10.1 Å². The van der Waals surface area contributed by atoms with E-state index in [1.165, 1.54) is 11.1 Å². The molecule has 0 spiro atoms. The lowest BCUT2D eigenvalue weighted by Crippen LogP contribution is -2.33.